The summed E-state index contributed by atoms with van der Waals surface area (Å²) < 4.78 is 32.7. The number of hydrogen-bond acceptors (Lipinski definition) is 1. The van der Waals surface area contributed by atoms with Crippen LogP contribution in [0.3, 0.4) is 0 Å². The molecule has 0 rings (SSSR count). The Kier molecular flexibility index (Phi) is 3.94. The second-order valence-electron chi connectivity index (χ2n) is 2.03. The van der Waals surface area contributed by atoms with Gasteiger partial charge in [-0.05, 0) is 12.8 Å². The van der Waals surface area contributed by atoms with Gasteiger partial charge in [-0.2, -0.15) is 13.2 Å². The molecule has 1 nitrogen and oxygen atoms in total. The highest BCUT2D eigenvalue weighted by molar-refractivity contribution is 6.49. The van der Waals surface area contributed by atoms with Gasteiger partial charge in [0.1, 0.15) is 0 Å². The number of aliphatic hydroxyl groups is 1. The average Bonchev–Trinajstić information content (AvgIpc) is 1.81. The smallest absolute Gasteiger partial charge is 0.396 e. The molecule has 0 aromatic carbocycles. The minimum Gasteiger partial charge on any atom is -0.396 e. The van der Waals surface area contributed by atoms with E-state index in [-0.39, 0.29) is 13.0 Å². The van der Waals surface area contributed by atoms with E-state index in [1.165, 1.54) is 0 Å². The Morgan fingerprint density at radius 2 is 1.64 bits per heavy atom. The normalized spacial score (nSPS) is 13.6. The molecule has 0 aliphatic rings. The van der Waals surface area contributed by atoms with E-state index >= 15 is 0 Å². The van der Waals surface area contributed by atoms with Crippen molar-refractivity contribution in [3.63, 3.8) is 0 Å². The van der Waals surface area contributed by atoms with Crippen molar-refractivity contribution < 1.29 is 18.3 Å². The van der Waals surface area contributed by atoms with Gasteiger partial charge in [-0.1, -0.05) is 23.2 Å². The zero-order chi connectivity index (χ0) is 9.12. The lowest BCUT2D eigenvalue weighted by molar-refractivity contribution is -0.143. The molecule has 0 saturated carbocycles. The Morgan fingerprint density at radius 1 is 1.18 bits per heavy atom. The van der Waals surface area contributed by atoms with E-state index in [0.29, 0.717) is 0 Å². The van der Waals surface area contributed by atoms with E-state index in [2.05, 4.69) is 0 Å². The van der Waals surface area contributed by atoms with Gasteiger partial charge in [-0.25, -0.2) is 0 Å². The Bertz CT molecular complexity index is 123. The van der Waals surface area contributed by atoms with Gasteiger partial charge in [0.05, 0.1) is 0 Å². The van der Waals surface area contributed by atoms with Crippen LogP contribution in [0.4, 0.5) is 13.2 Å². The topological polar surface area (TPSA) is 20.2 Å². The molecular weight excluding hydrogens is 204 g/mol. The predicted octanol–water partition coefficient (Wildman–Crippen LogP) is 2.50. The molecule has 0 aromatic heterocycles. The maximum Gasteiger partial charge on any atom is 0.421 e. The van der Waals surface area contributed by atoms with Gasteiger partial charge < -0.3 is 5.11 Å². The van der Waals surface area contributed by atoms with Crippen LogP contribution >= 0.6 is 23.2 Å². The number of halogens is 5. The SMILES string of the molecule is OCCCC(Cl)(Cl)C(F)(F)F. The molecule has 0 spiro atoms. The zero-order valence-electron chi connectivity index (χ0n) is 5.46. The first-order chi connectivity index (χ1) is 4.81. The van der Waals surface area contributed by atoms with Gasteiger partial charge in [-0.15, -0.1) is 0 Å². The molecule has 11 heavy (non-hydrogen) atoms. The minimum absolute atomic E-state index is 0.0630. The molecule has 0 aliphatic heterocycles. The average molecular weight is 211 g/mol. The van der Waals surface area contributed by atoms with Crippen LogP contribution in [0, 0.1) is 0 Å². The fourth-order valence-corrected chi connectivity index (χ4v) is 0.710. The van der Waals surface area contributed by atoms with Gasteiger partial charge in [0.2, 0.25) is 4.33 Å². The quantitative estimate of drug-likeness (QED) is 0.711. The summed E-state index contributed by atoms with van der Waals surface area (Å²) in [5.74, 6) is 0. The van der Waals surface area contributed by atoms with Crippen LogP contribution in [0.15, 0.2) is 0 Å². The molecule has 0 fully saturated rings. The molecule has 0 atom stereocenters. The fourth-order valence-electron chi connectivity index (χ4n) is 0.443. The lowest BCUT2D eigenvalue weighted by Crippen LogP contribution is -2.34. The van der Waals surface area contributed by atoms with Gasteiger partial charge in [-0.3, -0.25) is 0 Å². The second kappa shape index (κ2) is 3.83. The van der Waals surface area contributed by atoms with Gasteiger partial charge in [0.25, 0.3) is 0 Å². The maximum absolute atomic E-state index is 11.8. The Hall–Kier alpha value is 0.330. The van der Waals surface area contributed by atoms with Crippen LogP contribution in [0.25, 0.3) is 0 Å². The number of rotatable bonds is 3. The van der Waals surface area contributed by atoms with Crippen molar-refractivity contribution in [3.8, 4) is 0 Å². The number of alkyl halides is 5. The summed E-state index contributed by atoms with van der Waals surface area (Å²) in [6.45, 7) is -0.350. The number of aliphatic hydroxyl groups excluding tert-OH is 1. The lowest BCUT2D eigenvalue weighted by Gasteiger charge is -2.21. The Morgan fingerprint density at radius 3 is 1.91 bits per heavy atom. The molecule has 0 saturated heterocycles. The molecular formula is C5H7Cl2F3O. The van der Waals surface area contributed by atoms with Crippen LogP contribution in [0.1, 0.15) is 12.8 Å². The molecule has 0 aromatic rings. The van der Waals surface area contributed by atoms with Crippen molar-refractivity contribution in [1.29, 1.82) is 0 Å². The van der Waals surface area contributed by atoms with Crippen molar-refractivity contribution >= 4 is 23.2 Å². The summed E-state index contributed by atoms with van der Waals surface area (Å²) in [5.41, 5.74) is 0. The van der Waals surface area contributed by atoms with Crippen molar-refractivity contribution in [2.75, 3.05) is 6.61 Å². The van der Waals surface area contributed by atoms with Crippen LogP contribution in [-0.4, -0.2) is 22.2 Å². The van der Waals surface area contributed by atoms with Gasteiger partial charge in [0, 0.05) is 6.61 Å². The van der Waals surface area contributed by atoms with Gasteiger partial charge in [0.15, 0.2) is 0 Å². The molecule has 68 valence electrons. The molecule has 0 bridgehead atoms. The van der Waals surface area contributed by atoms with E-state index in [9.17, 15) is 13.2 Å². The van der Waals surface area contributed by atoms with Crippen LogP contribution in [0.5, 0.6) is 0 Å². The van der Waals surface area contributed by atoms with Crippen molar-refractivity contribution in [1.82, 2.24) is 0 Å². The third kappa shape index (κ3) is 3.49. The summed E-state index contributed by atoms with van der Waals surface area (Å²) in [7, 11) is 0. The van der Waals surface area contributed by atoms with E-state index in [4.69, 9.17) is 28.3 Å². The lowest BCUT2D eigenvalue weighted by atomic mass is 10.2. The summed E-state index contributed by atoms with van der Waals surface area (Å²) in [5, 5.41) is 8.21. The molecule has 0 heterocycles. The Labute approximate surface area is 72.1 Å². The van der Waals surface area contributed by atoms with E-state index in [0.717, 1.165) is 0 Å². The summed E-state index contributed by atoms with van der Waals surface area (Å²) in [4.78, 5) is 0. The van der Waals surface area contributed by atoms with Crippen LogP contribution < -0.4 is 0 Å². The van der Waals surface area contributed by atoms with Crippen molar-refractivity contribution in [2.45, 2.75) is 23.4 Å². The highest BCUT2D eigenvalue weighted by atomic mass is 35.5. The Balaban J connectivity index is 4.00. The van der Waals surface area contributed by atoms with E-state index in [1.54, 1.807) is 0 Å². The van der Waals surface area contributed by atoms with Crippen LogP contribution in [-0.2, 0) is 0 Å². The second-order valence-corrected chi connectivity index (χ2v) is 3.51. The third-order valence-corrected chi connectivity index (χ3v) is 1.87. The summed E-state index contributed by atoms with van der Waals surface area (Å²) in [6, 6.07) is 0. The van der Waals surface area contributed by atoms with Crippen LogP contribution in [0.2, 0.25) is 0 Å². The molecule has 6 heteroatoms. The highest BCUT2D eigenvalue weighted by Gasteiger charge is 2.51. The first-order valence-corrected chi connectivity index (χ1v) is 3.62. The summed E-state index contributed by atoms with van der Waals surface area (Å²) in [6.07, 6.45) is -5.19. The zero-order valence-corrected chi connectivity index (χ0v) is 6.97. The first-order valence-electron chi connectivity index (χ1n) is 2.86. The third-order valence-electron chi connectivity index (χ3n) is 1.06. The predicted molar refractivity (Wildman–Crippen MR) is 36.8 cm³/mol. The van der Waals surface area contributed by atoms with E-state index in [1.807, 2.05) is 0 Å². The first kappa shape index (κ1) is 11.3. The van der Waals surface area contributed by atoms with Gasteiger partial charge >= 0.3 is 6.18 Å². The molecule has 0 unspecified atom stereocenters. The fraction of sp³-hybridized carbons (Fsp3) is 1.00. The van der Waals surface area contributed by atoms with Crippen molar-refractivity contribution in [2.24, 2.45) is 0 Å². The van der Waals surface area contributed by atoms with Crippen molar-refractivity contribution in [3.05, 3.63) is 0 Å². The number of hydrogen-bond donors (Lipinski definition) is 1. The molecule has 0 aliphatic carbocycles. The monoisotopic (exact) mass is 210 g/mol. The molecule has 0 amide bonds. The van der Waals surface area contributed by atoms with E-state index < -0.39 is 16.9 Å². The largest absolute Gasteiger partial charge is 0.421 e. The summed E-state index contributed by atoms with van der Waals surface area (Å²) >= 11 is 9.84. The molecule has 1 N–H and O–H groups in total. The maximum atomic E-state index is 11.8. The highest BCUT2D eigenvalue weighted by Crippen LogP contribution is 2.42. The standard InChI is InChI=1S/C5H7Cl2F3O/c6-4(7,2-1-3-11)5(8,9)10/h11H,1-3H2. The molecule has 0 radical (unpaired) electrons. The minimum atomic E-state index is -4.63.